The molecule has 0 aliphatic carbocycles. The van der Waals surface area contributed by atoms with Gasteiger partial charge in [0.15, 0.2) is 5.96 Å². The molecule has 0 radical (unpaired) electrons. The summed E-state index contributed by atoms with van der Waals surface area (Å²) < 4.78 is 0. The van der Waals surface area contributed by atoms with Gasteiger partial charge in [-0.1, -0.05) is 48.5 Å². The van der Waals surface area contributed by atoms with E-state index in [9.17, 15) is 0 Å². The molecular weight excluding hydrogens is 296 g/mol. The lowest BCUT2D eigenvalue weighted by molar-refractivity contribution is 0.331. The summed E-state index contributed by atoms with van der Waals surface area (Å²) in [5.41, 5.74) is 4.03. The van der Waals surface area contributed by atoms with Crippen molar-refractivity contribution in [2.45, 2.75) is 13.0 Å². The first-order chi connectivity index (χ1) is 11.8. The molecule has 3 rings (SSSR count). The second kappa shape index (κ2) is 7.97. The number of fused-ring (bicyclic) bond motifs is 1. The summed E-state index contributed by atoms with van der Waals surface area (Å²) in [6.07, 6.45) is 1.09. The van der Waals surface area contributed by atoms with Crippen LogP contribution in [-0.4, -0.2) is 44.6 Å². The van der Waals surface area contributed by atoms with E-state index in [0.29, 0.717) is 0 Å². The van der Waals surface area contributed by atoms with E-state index in [1.54, 1.807) is 0 Å². The maximum absolute atomic E-state index is 4.46. The van der Waals surface area contributed by atoms with Gasteiger partial charge in [0.1, 0.15) is 0 Å². The zero-order valence-electron chi connectivity index (χ0n) is 14.6. The van der Waals surface area contributed by atoms with E-state index < -0.39 is 0 Å². The SMILES string of the molecule is CN=C(NCCN(C)Cc1ccccc1)N1CCc2ccccc21. The van der Waals surface area contributed by atoms with Gasteiger partial charge in [-0.05, 0) is 30.7 Å². The Balaban J connectivity index is 1.50. The lowest BCUT2D eigenvalue weighted by Gasteiger charge is -2.24. The van der Waals surface area contributed by atoms with Crippen LogP contribution >= 0.6 is 0 Å². The van der Waals surface area contributed by atoms with E-state index in [2.05, 4.69) is 81.8 Å². The molecule has 0 fully saturated rings. The molecule has 1 aliphatic heterocycles. The fourth-order valence-corrected chi connectivity index (χ4v) is 3.19. The molecule has 1 N–H and O–H groups in total. The quantitative estimate of drug-likeness (QED) is 0.678. The van der Waals surface area contributed by atoms with Crippen LogP contribution < -0.4 is 10.2 Å². The van der Waals surface area contributed by atoms with Gasteiger partial charge >= 0.3 is 0 Å². The molecule has 0 spiro atoms. The standard InChI is InChI=1S/C20H26N4/c1-21-20(24-14-12-18-10-6-7-11-19(18)24)22-13-15-23(2)16-17-8-4-3-5-9-17/h3-11H,12-16H2,1-2H3,(H,21,22). The molecule has 0 atom stereocenters. The van der Waals surface area contributed by atoms with Crippen LogP contribution in [0.3, 0.4) is 0 Å². The highest BCUT2D eigenvalue weighted by Gasteiger charge is 2.22. The number of anilines is 1. The minimum atomic E-state index is 0.884. The zero-order chi connectivity index (χ0) is 16.8. The van der Waals surface area contributed by atoms with Gasteiger partial charge in [-0.2, -0.15) is 0 Å². The molecule has 4 nitrogen and oxygen atoms in total. The predicted octanol–water partition coefficient (Wildman–Crippen LogP) is 2.76. The molecule has 0 aromatic heterocycles. The molecule has 1 aliphatic rings. The van der Waals surface area contributed by atoms with Crippen LogP contribution in [0.2, 0.25) is 0 Å². The molecule has 4 heteroatoms. The van der Waals surface area contributed by atoms with Crippen molar-refractivity contribution in [3.63, 3.8) is 0 Å². The maximum atomic E-state index is 4.46. The van der Waals surface area contributed by atoms with Gasteiger partial charge in [-0.25, -0.2) is 0 Å². The first-order valence-corrected chi connectivity index (χ1v) is 8.56. The van der Waals surface area contributed by atoms with Gasteiger partial charge < -0.3 is 15.1 Å². The van der Waals surface area contributed by atoms with Gasteiger partial charge in [-0.15, -0.1) is 0 Å². The molecule has 1 heterocycles. The summed E-state index contributed by atoms with van der Waals surface area (Å²) in [5, 5.41) is 3.50. The molecule has 2 aromatic rings. The first-order valence-electron chi connectivity index (χ1n) is 8.56. The van der Waals surface area contributed by atoms with Gasteiger partial charge in [-0.3, -0.25) is 4.99 Å². The van der Waals surface area contributed by atoms with Crippen LogP contribution in [0.4, 0.5) is 5.69 Å². The van der Waals surface area contributed by atoms with Gasteiger partial charge in [0.25, 0.3) is 0 Å². The third-order valence-corrected chi connectivity index (χ3v) is 4.43. The Morgan fingerprint density at radius 3 is 2.67 bits per heavy atom. The summed E-state index contributed by atoms with van der Waals surface area (Å²) in [4.78, 5) is 9.07. The maximum Gasteiger partial charge on any atom is 0.198 e. The van der Waals surface area contributed by atoms with E-state index in [-0.39, 0.29) is 0 Å². The van der Waals surface area contributed by atoms with Crippen LogP contribution in [0, 0.1) is 0 Å². The third-order valence-electron chi connectivity index (χ3n) is 4.43. The van der Waals surface area contributed by atoms with Crippen molar-refractivity contribution in [1.29, 1.82) is 0 Å². The summed E-state index contributed by atoms with van der Waals surface area (Å²) in [7, 11) is 4.01. The number of likely N-dealkylation sites (N-methyl/N-ethyl adjacent to an activating group) is 1. The molecule has 0 unspecified atom stereocenters. The highest BCUT2D eigenvalue weighted by atomic mass is 15.3. The van der Waals surface area contributed by atoms with E-state index in [1.807, 2.05) is 7.05 Å². The van der Waals surface area contributed by atoms with Crippen LogP contribution in [0.15, 0.2) is 59.6 Å². The average Bonchev–Trinajstić information content (AvgIpc) is 3.04. The topological polar surface area (TPSA) is 30.9 Å². The second-order valence-corrected chi connectivity index (χ2v) is 6.23. The van der Waals surface area contributed by atoms with Crippen molar-refractivity contribution in [1.82, 2.24) is 10.2 Å². The zero-order valence-corrected chi connectivity index (χ0v) is 14.6. The Kier molecular flexibility index (Phi) is 5.49. The smallest absolute Gasteiger partial charge is 0.198 e. The van der Waals surface area contributed by atoms with Crippen molar-refractivity contribution in [3.05, 3.63) is 65.7 Å². The Morgan fingerprint density at radius 2 is 1.88 bits per heavy atom. The number of hydrogen-bond acceptors (Lipinski definition) is 2. The van der Waals surface area contributed by atoms with E-state index >= 15 is 0 Å². The minimum Gasteiger partial charge on any atom is -0.355 e. The van der Waals surface area contributed by atoms with E-state index in [0.717, 1.165) is 38.6 Å². The first kappa shape index (κ1) is 16.5. The van der Waals surface area contributed by atoms with E-state index in [4.69, 9.17) is 0 Å². The fraction of sp³-hybridized carbons (Fsp3) is 0.350. The van der Waals surface area contributed by atoms with Gasteiger partial charge in [0, 0.05) is 38.9 Å². The Labute approximate surface area is 144 Å². The highest BCUT2D eigenvalue weighted by molar-refractivity contribution is 5.97. The summed E-state index contributed by atoms with van der Waals surface area (Å²) >= 11 is 0. The molecule has 0 saturated carbocycles. The highest BCUT2D eigenvalue weighted by Crippen LogP contribution is 2.27. The van der Waals surface area contributed by atoms with Gasteiger partial charge in [0.05, 0.1) is 0 Å². The summed E-state index contributed by atoms with van der Waals surface area (Å²) in [6, 6.07) is 19.2. The lowest BCUT2D eigenvalue weighted by atomic mass is 10.2. The Hall–Kier alpha value is -2.33. The Bertz CT molecular complexity index is 681. The van der Waals surface area contributed by atoms with Crippen molar-refractivity contribution >= 4 is 11.6 Å². The number of rotatable bonds is 5. The number of aliphatic imine (C=N–C) groups is 1. The number of hydrogen-bond donors (Lipinski definition) is 1. The van der Waals surface area contributed by atoms with Crippen LogP contribution in [0.1, 0.15) is 11.1 Å². The molecule has 2 aromatic carbocycles. The predicted molar refractivity (Wildman–Crippen MR) is 102 cm³/mol. The van der Waals surface area contributed by atoms with Crippen molar-refractivity contribution < 1.29 is 0 Å². The normalized spacial score (nSPS) is 14.1. The summed E-state index contributed by atoms with van der Waals surface area (Å²) in [6.45, 7) is 3.82. The number of nitrogens with zero attached hydrogens (tertiary/aromatic N) is 3. The molecule has 126 valence electrons. The Morgan fingerprint density at radius 1 is 1.12 bits per heavy atom. The largest absolute Gasteiger partial charge is 0.355 e. The van der Waals surface area contributed by atoms with Crippen molar-refractivity contribution in [2.24, 2.45) is 4.99 Å². The van der Waals surface area contributed by atoms with E-state index in [1.165, 1.54) is 16.8 Å². The second-order valence-electron chi connectivity index (χ2n) is 6.23. The molecule has 0 bridgehead atoms. The summed E-state index contributed by atoms with van der Waals surface area (Å²) in [5.74, 6) is 0.966. The monoisotopic (exact) mass is 322 g/mol. The molecular formula is C20H26N4. The van der Waals surface area contributed by atoms with Crippen LogP contribution in [-0.2, 0) is 13.0 Å². The third kappa shape index (κ3) is 3.95. The van der Waals surface area contributed by atoms with Crippen LogP contribution in [0.25, 0.3) is 0 Å². The average molecular weight is 322 g/mol. The van der Waals surface area contributed by atoms with Crippen molar-refractivity contribution in [2.75, 3.05) is 38.6 Å². The lowest BCUT2D eigenvalue weighted by Crippen LogP contribution is -2.43. The number of para-hydroxylation sites is 1. The number of guanidine groups is 1. The number of benzene rings is 2. The number of nitrogens with one attached hydrogen (secondary N) is 1. The molecule has 0 amide bonds. The fourth-order valence-electron chi connectivity index (χ4n) is 3.19. The van der Waals surface area contributed by atoms with Crippen LogP contribution in [0.5, 0.6) is 0 Å². The van der Waals surface area contributed by atoms with Gasteiger partial charge in [0.2, 0.25) is 0 Å². The molecule has 0 saturated heterocycles. The van der Waals surface area contributed by atoms with Crippen molar-refractivity contribution in [3.8, 4) is 0 Å². The molecule has 24 heavy (non-hydrogen) atoms. The minimum absolute atomic E-state index is 0.884.